The van der Waals surface area contributed by atoms with Crippen LogP contribution in [0, 0.1) is 0 Å². The smallest absolute Gasteiger partial charge is 0.243 e. The van der Waals surface area contributed by atoms with Gasteiger partial charge in [0.2, 0.25) is 21.7 Å². The maximum absolute atomic E-state index is 13.1. The average molecular weight is 429 g/mol. The largest absolute Gasteiger partial charge is 0.497 e. The highest BCUT2D eigenvalue weighted by Crippen LogP contribution is 2.31. The van der Waals surface area contributed by atoms with Crippen molar-refractivity contribution in [3.05, 3.63) is 54.4 Å². The number of methoxy groups -OCH3 is 2. The van der Waals surface area contributed by atoms with Gasteiger partial charge in [0.15, 0.2) is 0 Å². The fourth-order valence-corrected chi connectivity index (χ4v) is 5.04. The Morgan fingerprint density at radius 2 is 1.63 bits per heavy atom. The van der Waals surface area contributed by atoms with Gasteiger partial charge in [-0.25, -0.2) is 8.42 Å². The van der Waals surface area contributed by atoms with Gasteiger partial charge in [-0.3, -0.25) is 0 Å². The fourth-order valence-electron chi connectivity index (χ4n) is 3.52. The summed E-state index contributed by atoms with van der Waals surface area (Å²) >= 11 is 0. The summed E-state index contributed by atoms with van der Waals surface area (Å²) in [6, 6.07) is 13.8. The molecule has 0 spiro atoms. The summed E-state index contributed by atoms with van der Waals surface area (Å²) in [6.07, 6.45) is 1.51. The van der Waals surface area contributed by atoms with Crippen LogP contribution in [0.2, 0.25) is 0 Å². The van der Waals surface area contributed by atoms with Crippen LogP contribution in [0.4, 0.5) is 0 Å². The maximum Gasteiger partial charge on any atom is 0.243 e. The Labute approximate surface area is 175 Å². The highest BCUT2D eigenvalue weighted by atomic mass is 32.2. The van der Waals surface area contributed by atoms with E-state index >= 15 is 0 Å². The van der Waals surface area contributed by atoms with Crippen LogP contribution in [0.25, 0.3) is 11.4 Å². The molecule has 158 valence electrons. The van der Waals surface area contributed by atoms with E-state index in [0.717, 1.165) is 24.2 Å². The van der Waals surface area contributed by atoms with E-state index in [1.54, 1.807) is 38.5 Å². The number of aromatic nitrogens is 2. The summed E-state index contributed by atoms with van der Waals surface area (Å²) in [6.45, 7) is 0.767. The molecule has 1 fully saturated rings. The number of nitrogens with zero attached hydrogens (tertiary/aromatic N) is 3. The van der Waals surface area contributed by atoms with Gasteiger partial charge in [0.1, 0.15) is 11.5 Å². The summed E-state index contributed by atoms with van der Waals surface area (Å²) in [5, 5.41) is 4.07. The van der Waals surface area contributed by atoms with Crippen LogP contribution in [0.3, 0.4) is 0 Å². The van der Waals surface area contributed by atoms with E-state index in [9.17, 15) is 8.42 Å². The Bertz CT molecular complexity index is 1090. The SMILES string of the molecule is COc1ccc(-c2noc(C3CCCN(S(=O)(=O)c4ccc(OC)cc4)C3)n2)cc1. The van der Waals surface area contributed by atoms with Crippen molar-refractivity contribution in [3.8, 4) is 22.9 Å². The highest BCUT2D eigenvalue weighted by molar-refractivity contribution is 7.89. The molecule has 1 aliphatic rings. The zero-order chi connectivity index (χ0) is 21.1. The Morgan fingerprint density at radius 1 is 1.00 bits per heavy atom. The second kappa shape index (κ2) is 8.45. The van der Waals surface area contributed by atoms with E-state index in [1.807, 2.05) is 24.3 Å². The Morgan fingerprint density at radius 3 is 2.27 bits per heavy atom. The minimum absolute atomic E-state index is 0.147. The Hall–Kier alpha value is -2.91. The molecule has 30 heavy (non-hydrogen) atoms. The normalized spacial score (nSPS) is 17.6. The van der Waals surface area contributed by atoms with Gasteiger partial charge in [-0.15, -0.1) is 0 Å². The van der Waals surface area contributed by atoms with E-state index in [1.165, 1.54) is 4.31 Å². The minimum atomic E-state index is -3.61. The van der Waals surface area contributed by atoms with Crippen LogP contribution >= 0.6 is 0 Å². The second-order valence-electron chi connectivity index (χ2n) is 7.06. The number of piperidine rings is 1. The topological polar surface area (TPSA) is 94.8 Å². The van der Waals surface area contributed by atoms with Gasteiger partial charge in [0.25, 0.3) is 0 Å². The minimum Gasteiger partial charge on any atom is -0.497 e. The number of rotatable bonds is 6. The van der Waals surface area contributed by atoms with Gasteiger partial charge in [-0.1, -0.05) is 5.16 Å². The molecule has 0 N–H and O–H groups in total. The van der Waals surface area contributed by atoms with E-state index in [2.05, 4.69) is 10.1 Å². The predicted octanol–water partition coefficient (Wildman–Crippen LogP) is 3.32. The van der Waals surface area contributed by atoms with Crippen LogP contribution in [-0.4, -0.2) is 50.2 Å². The third-order valence-corrected chi connectivity index (χ3v) is 7.10. The summed E-state index contributed by atoms with van der Waals surface area (Å²) in [5.74, 6) is 2.14. The van der Waals surface area contributed by atoms with Crippen molar-refractivity contribution in [1.29, 1.82) is 0 Å². The molecule has 4 rings (SSSR count). The van der Waals surface area contributed by atoms with Crippen molar-refractivity contribution < 1.29 is 22.4 Å². The van der Waals surface area contributed by atoms with Gasteiger partial charge in [-0.05, 0) is 61.4 Å². The van der Waals surface area contributed by atoms with Crippen molar-refractivity contribution in [3.63, 3.8) is 0 Å². The van der Waals surface area contributed by atoms with Crippen LogP contribution in [-0.2, 0) is 10.0 Å². The standard InChI is InChI=1S/C21H23N3O5S/c1-27-17-7-5-15(6-8-17)20-22-21(29-23-20)16-4-3-13-24(14-16)30(25,26)19-11-9-18(28-2)10-12-19/h5-12,16H,3-4,13-14H2,1-2H3. The highest BCUT2D eigenvalue weighted by Gasteiger charge is 2.33. The molecule has 0 amide bonds. The van der Waals surface area contributed by atoms with Crippen LogP contribution in [0.1, 0.15) is 24.7 Å². The molecule has 1 unspecified atom stereocenters. The summed E-state index contributed by atoms with van der Waals surface area (Å²) in [4.78, 5) is 4.76. The molecule has 9 heteroatoms. The van der Waals surface area contributed by atoms with Crippen molar-refractivity contribution in [2.24, 2.45) is 0 Å². The van der Waals surface area contributed by atoms with Gasteiger partial charge in [0.05, 0.1) is 25.0 Å². The number of benzene rings is 2. The molecule has 8 nitrogen and oxygen atoms in total. The van der Waals surface area contributed by atoms with Crippen molar-refractivity contribution in [2.45, 2.75) is 23.7 Å². The summed E-state index contributed by atoms with van der Waals surface area (Å²) in [5.41, 5.74) is 0.810. The Kier molecular flexibility index (Phi) is 5.74. The number of sulfonamides is 1. The fraction of sp³-hybridized carbons (Fsp3) is 0.333. The molecule has 2 heterocycles. The molecule has 3 aromatic rings. The van der Waals surface area contributed by atoms with Crippen molar-refractivity contribution in [2.75, 3.05) is 27.3 Å². The van der Waals surface area contributed by atoms with Gasteiger partial charge in [-0.2, -0.15) is 9.29 Å². The van der Waals surface area contributed by atoms with E-state index < -0.39 is 10.0 Å². The first-order chi connectivity index (χ1) is 14.5. The summed E-state index contributed by atoms with van der Waals surface area (Å²) < 4.78 is 43.4. The molecule has 0 radical (unpaired) electrons. The first-order valence-corrected chi connectivity index (χ1v) is 11.1. The second-order valence-corrected chi connectivity index (χ2v) is 9.00. The lowest BCUT2D eigenvalue weighted by molar-refractivity contribution is 0.265. The molecule has 1 atom stereocenters. The van der Waals surface area contributed by atoms with Crippen LogP contribution < -0.4 is 9.47 Å². The van der Waals surface area contributed by atoms with E-state index in [4.69, 9.17) is 14.0 Å². The molecule has 0 bridgehead atoms. The van der Waals surface area contributed by atoms with Gasteiger partial charge < -0.3 is 14.0 Å². The van der Waals surface area contributed by atoms with E-state index in [-0.39, 0.29) is 10.8 Å². The third-order valence-electron chi connectivity index (χ3n) is 5.22. The molecule has 1 saturated heterocycles. The Balaban J connectivity index is 1.51. The molecule has 1 aromatic heterocycles. The zero-order valence-corrected chi connectivity index (χ0v) is 17.6. The molecule has 0 aliphatic carbocycles. The number of hydrogen-bond donors (Lipinski definition) is 0. The van der Waals surface area contributed by atoms with Crippen molar-refractivity contribution >= 4 is 10.0 Å². The molecular weight excluding hydrogens is 406 g/mol. The first kappa shape index (κ1) is 20.4. The molecular formula is C21H23N3O5S. The zero-order valence-electron chi connectivity index (χ0n) is 16.8. The lowest BCUT2D eigenvalue weighted by Gasteiger charge is -2.30. The monoisotopic (exact) mass is 429 g/mol. The summed E-state index contributed by atoms with van der Waals surface area (Å²) in [7, 11) is -0.455. The quantitative estimate of drug-likeness (QED) is 0.593. The maximum atomic E-state index is 13.1. The van der Waals surface area contributed by atoms with E-state index in [0.29, 0.717) is 30.6 Å². The molecule has 0 saturated carbocycles. The first-order valence-electron chi connectivity index (χ1n) is 9.63. The van der Waals surface area contributed by atoms with Crippen molar-refractivity contribution in [1.82, 2.24) is 14.4 Å². The lowest BCUT2D eigenvalue weighted by Crippen LogP contribution is -2.39. The van der Waals surface area contributed by atoms with Gasteiger partial charge >= 0.3 is 0 Å². The average Bonchev–Trinajstić information content (AvgIpc) is 3.29. The number of hydrogen-bond acceptors (Lipinski definition) is 7. The molecule has 2 aromatic carbocycles. The number of ether oxygens (including phenoxy) is 2. The molecule has 1 aliphatic heterocycles. The van der Waals surface area contributed by atoms with Crippen LogP contribution in [0.5, 0.6) is 11.5 Å². The third kappa shape index (κ3) is 4.03. The van der Waals surface area contributed by atoms with Gasteiger partial charge in [0, 0.05) is 18.7 Å². The predicted molar refractivity (Wildman–Crippen MR) is 110 cm³/mol. The van der Waals surface area contributed by atoms with Crippen LogP contribution in [0.15, 0.2) is 57.9 Å². The lowest BCUT2D eigenvalue weighted by atomic mass is 10.00.